The molecule has 102 valence electrons. The molecule has 19 heavy (non-hydrogen) atoms. The van der Waals surface area contributed by atoms with Crippen molar-refractivity contribution in [2.45, 2.75) is 39.5 Å². The van der Waals surface area contributed by atoms with Crippen LogP contribution in [0.5, 0.6) is 5.75 Å². The molecule has 0 saturated carbocycles. The fourth-order valence-electron chi connectivity index (χ4n) is 1.76. The molecule has 0 radical (unpaired) electrons. The predicted molar refractivity (Wildman–Crippen MR) is 79.6 cm³/mol. The number of hydrogen-bond acceptors (Lipinski definition) is 4. The molecule has 4 heteroatoms. The molecular weight excluding hydrogens is 256 g/mol. The second kappa shape index (κ2) is 6.68. The number of nitrogens with zero attached hydrogens (tertiary/aromatic N) is 1. The van der Waals surface area contributed by atoms with Crippen LogP contribution >= 0.6 is 11.3 Å². The number of rotatable bonds is 6. The van der Waals surface area contributed by atoms with Crippen molar-refractivity contribution in [1.82, 2.24) is 10.3 Å². The highest BCUT2D eigenvalue weighted by molar-refractivity contribution is 7.09. The van der Waals surface area contributed by atoms with Gasteiger partial charge in [-0.25, -0.2) is 4.98 Å². The lowest BCUT2D eigenvalue weighted by molar-refractivity contribution is 0.242. The molecule has 2 rings (SSSR count). The minimum absolute atomic E-state index is 0.217. The second-order valence-corrected chi connectivity index (χ2v) is 5.71. The molecule has 0 bridgehead atoms. The molecule has 0 spiro atoms. The van der Waals surface area contributed by atoms with Crippen LogP contribution in [0.2, 0.25) is 0 Å². The number of ether oxygens (including phenoxy) is 1. The fraction of sp³-hybridized carbons (Fsp3) is 0.400. The summed E-state index contributed by atoms with van der Waals surface area (Å²) >= 11 is 1.68. The predicted octanol–water partition coefficient (Wildman–Crippen LogP) is 3.78. The Morgan fingerprint density at radius 2 is 1.95 bits per heavy atom. The van der Waals surface area contributed by atoms with Crippen molar-refractivity contribution in [3.63, 3.8) is 0 Å². The Kier molecular flexibility index (Phi) is 4.93. The van der Waals surface area contributed by atoms with Crippen molar-refractivity contribution in [3.05, 3.63) is 46.4 Å². The van der Waals surface area contributed by atoms with E-state index in [0.29, 0.717) is 0 Å². The van der Waals surface area contributed by atoms with Gasteiger partial charge in [-0.2, -0.15) is 0 Å². The summed E-state index contributed by atoms with van der Waals surface area (Å²) in [5, 5.41) is 6.60. The van der Waals surface area contributed by atoms with Crippen LogP contribution in [0.25, 0.3) is 0 Å². The first kappa shape index (κ1) is 14.0. The van der Waals surface area contributed by atoms with Crippen LogP contribution in [-0.2, 0) is 6.54 Å². The summed E-state index contributed by atoms with van der Waals surface area (Å²) in [4.78, 5) is 4.31. The summed E-state index contributed by atoms with van der Waals surface area (Å²) in [6, 6.07) is 8.51. The Balaban J connectivity index is 1.86. The summed E-state index contributed by atoms with van der Waals surface area (Å²) in [6.45, 7) is 7.04. The topological polar surface area (TPSA) is 34.1 Å². The monoisotopic (exact) mass is 276 g/mol. The van der Waals surface area contributed by atoms with E-state index in [2.05, 4.69) is 29.4 Å². The fourth-order valence-corrected chi connectivity index (χ4v) is 2.43. The number of thiazole rings is 1. The molecular formula is C15H20N2OS. The standard InChI is InChI=1S/C15H20N2OS/c1-11(2)18-14-6-4-13(5-7-14)10-17-12(3)15-16-8-9-19-15/h4-9,11-12,17H,10H2,1-3H3. The summed E-state index contributed by atoms with van der Waals surface area (Å²) < 4.78 is 5.62. The van der Waals surface area contributed by atoms with Gasteiger partial charge in [-0.1, -0.05) is 12.1 Å². The van der Waals surface area contributed by atoms with E-state index in [1.165, 1.54) is 5.56 Å². The summed E-state index contributed by atoms with van der Waals surface area (Å²) in [6.07, 6.45) is 2.06. The van der Waals surface area contributed by atoms with E-state index in [4.69, 9.17) is 4.74 Å². The SMILES string of the molecule is CC(C)Oc1ccc(CNC(C)c2nccs2)cc1. The molecule has 1 unspecified atom stereocenters. The maximum absolute atomic E-state index is 5.62. The lowest BCUT2D eigenvalue weighted by Crippen LogP contribution is -2.17. The largest absolute Gasteiger partial charge is 0.491 e. The van der Waals surface area contributed by atoms with Gasteiger partial charge in [-0.3, -0.25) is 0 Å². The van der Waals surface area contributed by atoms with Gasteiger partial charge in [0.2, 0.25) is 0 Å². The Morgan fingerprint density at radius 1 is 1.21 bits per heavy atom. The van der Waals surface area contributed by atoms with Crippen molar-refractivity contribution in [2.24, 2.45) is 0 Å². The third-order valence-corrected chi connectivity index (χ3v) is 3.69. The molecule has 1 aromatic carbocycles. The van der Waals surface area contributed by atoms with Crippen LogP contribution in [0.15, 0.2) is 35.8 Å². The molecule has 0 aliphatic rings. The molecule has 1 N–H and O–H groups in total. The third kappa shape index (κ3) is 4.33. The zero-order valence-electron chi connectivity index (χ0n) is 11.6. The maximum Gasteiger partial charge on any atom is 0.119 e. The van der Waals surface area contributed by atoms with Crippen molar-refractivity contribution < 1.29 is 4.74 Å². The minimum atomic E-state index is 0.217. The van der Waals surface area contributed by atoms with E-state index < -0.39 is 0 Å². The molecule has 2 aromatic rings. The van der Waals surface area contributed by atoms with E-state index in [9.17, 15) is 0 Å². The molecule has 1 aromatic heterocycles. The highest BCUT2D eigenvalue weighted by Crippen LogP contribution is 2.17. The Morgan fingerprint density at radius 3 is 2.53 bits per heavy atom. The first-order valence-corrected chi connectivity index (χ1v) is 7.41. The third-order valence-electron chi connectivity index (χ3n) is 2.73. The molecule has 0 saturated heterocycles. The molecule has 0 aliphatic heterocycles. The number of nitrogens with one attached hydrogen (secondary N) is 1. The van der Waals surface area contributed by atoms with Crippen LogP contribution < -0.4 is 10.1 Å². The molecule has 0 fully saturated rings. The lowest BCUT2D eigenvalue weighted by Gasteiger charge is -2.12. The quantitative estimate of drug-likeness (QED) is 0.872. The zero-order chi connectivity index (χ0) is 13.7. The normalized spacial score (nSPS) is 12.6. The lowest BCUT2D eigenvalue weighted by atomic mass is 10.2. The average molecular weight is 276 g/mol. The zero-order valence-corrected chi connectivity index (χ0v) is 12.4. The number of hydrogen-bond donors (Lipinski definition) is 1. The van der Waals surface area contributed by atoms with Crippen molar-refractivity contribution in [3.8, 4) is 5.75 Å². The van der Waals surface area contributed by atoms with Gasteiger partial charge in [0.05, 0.1) is 12.1 Å². The highest BCUT2D eigenvalue weighted by atomic mass is 32.1. The van der Waals surface area contributed by atoms with Crippen LogP contribution in [0.1, 0.15) is 37.4 Å². The van der Waals surface area contributed by atoms with Gasteiger partial charge in [-0.15, -0.1) is 11.3 Å². The maximum atomic E-state index is 5.62. The van der Waals surface area contributed by atoms with Gasteiger partial charge in [0.25, 0.3) is 0 Å². The Bertz CT molecular complexity index is 479. The first-order chi connectivity index (χ1) is 9.15. The smallest absolute Gasteiger partial charge is 0.119 e. The molecule has 1 atom stereocenters. The van der Waals surface area contributed by atoms with Gasteiger partial charge >= 0.3 is 0 Å². The van der Waals surface area contributed by atoms with Crippen LogP contribution in [-0.4, -0.2) is 11.1 Å². The summed E-state index contributed by atoms with van der Waals surface area (Å²) in [5.41, 5.74) is 1.25. The van der Waals surface area contributed by atoms with Gasteiger partial charge in [0.1, 0.15) is 10.8 Å². The van der Waals surface area contributed by atoms with Gasteiger partial charge < -0.3 is 10.1 Å². The van der Waals surface area contributed by atoms with E-state index >= 15 is 0 Å². The Labute approximate surface area is 118 Å². The molecule has 0 aliphatic carbocycles. The summed E-state index contributed by atoms with van der Waals surface area (Å²) in [5.74, 6) is 0.923. The van der Waals surface area contributed by atoms with Crippen LogP contribution in [0, 0.1) is 0 Å². The van der Waals surface area contributed by atoms with Crippen molar-refractivity contribution >= 4 is 11.3 Å². The Hall–Kier alpha value is -1.39. The minimum Gasteiger partial charge on any atom is -0.491 e. The van der Waals surface area contributed by atoms with E-state index in [0.717, 1.165) is 17.3 Å². The molecule has 0 amide bonds. The number of aromatic nitrogens is 1. The van der Waals surface area contributed by atoms with Crippen LogP contribution in [0.3, 0.4) is 0 Å². The average Bonchev–Trinajstić information content (AvgIpc) is 2.91. The van der Waals surface area contributed by atoms with E-state index in [-0.39, 0.29) is 12.1 Å². The van der Waals surface area contributed by atoms with Gasteiger partial charge in [-0.05, 0) is 38.5 Å². The van der Waals surface area contributed by atoms with E-state index in [1.54, 1.807) is 11.3 Å². The van der Waals surface area contributed by atoms with E-state index in [1.807, 2.05) is 37.6 Å². The first-order valence-electron chi connectivity index (χ1n) is 6.53. The van der Waals surface area contributed by atoms with Crippen molar-refractivity contribution in [1.29, 1.82) is 0 Å². The molecule has 3 nitrogen and oxygen atoms in total. The second-order valence-electron chi connectivity index (χ2n) is 4.78. The van der Waals surface area contributed by atoms with Gasteiger partial charge in [0, 0.05) is 18.1 Å². The van der Waals surface area contributed by atoms with Gasteiger partial charge in [0.15, 0.2) is 0 Å². The van der Waals surface area contributed by atoms with Crippen molar-refractivity contribution in [2.75, 3.05) is 0 Å². The van der Waals surface area contributed by atoms with Crippen LogP contribution in [0.4, 0.5) is 0 Å². The highest BCUT2D eigenvalue weighted by Gasteiger charge is 2.07. The number of benzene rings is 1. The summed E-state index contributed by atoms with van der Waals surface area (Å²) in [7, 11) is 0. The molecule has 1 heterocycles.